The number of nitrogens with one attached hydrogen (secondary N) is 1. The van der Waals surface area contributed by atoms with Gasteiger partial charge in [-0.15, -0.1) is 0 Å². The summed E-state index contributed by atoms with van der Waals surface area (Å²) in [5.74, 6) is 1.15. The number of hydrogen-bond acceptors (Lipinski definition) is 3. The molecule has 1 N–H and O–H groups in total. The summed E-state index contributed by atoms with van der Waals surface area (Å²) in [6.07, 6.45) is 3.57. The minimum Gasteiger partial charge on any atom is -0.497 e. The van der Waals surface area contributed by atoms with Crippen LogP contribution in [0.1, 0.15) is 18.8 Å². The molecule has 2 aromatic rings. The number of anilines is 1. The average molecular weight is 249 g/mol. The lowest BCUT2D eigenvalue weighted by Crippen LogP contribution is -2.12. The molecule has 1 aromatic carbocycles. The van der Waals surface area contributed by atoms with Crippen LogP contribution in [0.3, 0.4) is 0 Å². The van der Waals surface area contributed by atoms with Gasteiger partial charge in [0.1, 0.15) is 17.4 Å². The first kappa shape index (κ1) is 12.4. The van der Waals surface area contributed by atoms with E-state index in [4.69, 9.17) is 4.74 Å². The summed E-state index contributed by atoms with van der Waals surface area (Å²) in [7, 11) is 3.46. The van der Waals surface area contributed by atoms with Gasteiger partial charge in [-0.1, -0.05) is 0 Å². The fourth-order valence-electron chi connectivity index (χ4n) is 1.83. The van der Waals surface area contributed by atoms with E-state index in [2.05, 4.69) is 10.3 Å². The summed E-state index contributed by atoms with van der Waals surface area (Å²) in [4.78, 5) is 4.23. The van der Waals surface area contributed by atoms with Crippen LogP contribution in [-0.4, -0.2) is 16.7 Å². The first-order chi connectivity index (χ1) is 8.61. The number of imidazole rings is 1. The Labute approximate surface area is 105 Å². The second kappa shape index (κ2) is 5.08. The summed E-state index contributed by atoms with van der Waals surface area (Å²) < 4.78 is 20.6. The summed E-state index contributed by atoms with van der Waals surface area (Å²) in [5.41, 5.74) is 0.407. The largest absolute Gasteiger partial charge is 0.497 e. The smallest absolute Gasteiger partial charge is 0.146 e. The topological polar surface area (TPSA) is 39.1 Å². The summed E-state index contributed by atoms with van der Waals surface area (Å²) in [6.45, 7) is 1.93. The molecule has 0 aliphatic carbocycles. The minimum atomic E-state index is -0.308. The van der Waals surface area contributed by atoms with E-state index in [1.807, 2.05) is 24.7 Å². The van der Waals surface area contributed by atoms with Crippen LogP contribution in [0.25, 0.3) is 0 Å². The molecule has 96 valence electrons. The number of hydrogen-bond donors (Lipinski definition) is 1. The van der Waals surface area contributed by atoms with Crippen LogP contribution in [0.2, 0.25) is 0 Å². The van der Waals surface area contributed by atoms with Crippen LogP contribution < -0.4 is 10.1 Å². The standard InChI is InChI=1S/C13H16FN3O/c1-9(13-15-6-7-17(13)2)16-12-8-10(18-3)4-5-11(12)14/h4-9,16H,1-3H3. The third-order valence-corrected chi connectivity index (χ3v) is 2.79. The molecule has 0 aliphatic rings. The van der Waals surface area contributed by atoms with Gasteiger partial charge < -0.3 is 14.6 Å². The maximum absolute atomic E-state index is 13.7. The number of methoxy groups -OCH3 is 1. The van der Waals surface area contributed by atoms with Crippen LogP contribution >= 0.6 is 0 Å². The van der Waals surface area contributed by atoms with Crippen molar-refractivity contribution < 1.29 is 9.13 Å². The third kappa shape index (κ3) is 2.45. The Balaban J connectivity index is 2.21. The van der Waals surface area contributed by atoms with Gasteiger partial charge in [-0.25, -0.2) is 9.37 Å². The van der Waals surface area contributed by atoms with E-state index >= 15 is 0 Å². The van der Waals surface area contributed by atoms with Crippen LogP contribution in [0.4, 0.5) is 10.1 Å². The molecular weight excluding hydrogens is 233 g/mol. The molecule has 0 fully saturated rings. The molecular formula is C13H16FN3O. The van der Waals surface area contributed by atoms with Gasteiger partial charge in [0.25, 0.3) is 0 Å². The number of aromatic nitrogens is 2. The Morgan fingerprint density at radius 3 is 2.83 bits per heavy atom. The Bertz CT molecular complexity index is 539. The zero-order chi connectivity index (χ0) is 13.1. The normalized spacial score (nSPS) is 12.2. The highest BCUT2D eigenvalue weighted by atomic mass is 19.1. The highest BCUT2D eigenvalue weighted by Crippen LogP contribution is 2.24. The van der Waals surface area contributed by atoms with Crippen LogP contribution in [0, 0.1) is 5.82 Å². The number of ether oxygens (including phenoxy) is 1. The number of rotatable bonds is 4. The van der Waals surface area contributed by atoms with E-state index in [-0.39, 0.29) is 11.9 Å². The molecule has 1 aromatic heterocycles. The molecule has 4 nitrogen and oxygen atoms in total. The third-order valence-electron chi connectivity index (χ3n) is 2.79. The summed E-state index contributed by atoms with van der Waals surface area (Å²) >= 11 is 0. The van der Waals surface area contributed by atoms with Crippen molar-refractivity contribution in [3.63, 3.8) is 0 Å². The van der Waals surface area contributed by atoms with Crippen molar-refractivity contribution in [1.29, 1.82) is 0 Å². The Morgan fingerprint density at radius 2 is 2.22 bits per heavy atom. The quantitative estimate of drug-likeness (QED) is 0.905. The lowest BCUT2D eigenvalue weighted by atomic mass is 10.2. The van der Waals surface area contributed by atoms with Crippen molar-refractivity contribution in [2.75, 3.05) is 12.4 Å². The van der Waals surface area contributed by atoms with Gasteiger partial charge in [-0.05, 0) is 19.1 Å². The van der Waals surface area contributed by atoms with E-state index in [0.29, 0.717) is 11.4 Å². The second-order valence-corrected chi connectivity index (χ2v) is 4.11. The van der Waals surface area contributed by atoms with Crippen molar-refractivity contribution in [3.05, 3.63) is 42.2 Å². The molecule has 0 saturated heterocycles. The predicted octanol–water partition coefficient (Wildman–Crippen LogP) is 2.74. The fourth-order valence-corrected chi connectivity index (χ4v) is 1.83. The van der Waals surface area contributed by atoms with Gasteiger partial charge in [-0.3, -0.25) is 0 Å². The van der Waals surface area contributed by atoms with Gasteiger partial charge in [-0.2, -0.15) is 0 Å². The van der Waals surface area contributed by atoms with E-state index in [1.165, 1.54) is 6.07 Å². The molecule has 0 radical (unpaired) electrons. The van der Waals surface area contributed by atoms with Gasteiger partial charge >= 0.3 is 0 Å². The fraction of sp³-hybridized carbons (Fsp3) is 0.308. The average Bonchev–Trinajstić information content (AvgIpc) is 2.78. The number of aryl methyl sites for hydroxylation is 1. The van der Waals surface area contributed by atoms with Gasteiger partial charge in [0.2, 0.25) is 0 Å². The van der Waals surface area contributed by atoms with Crippen molar-refractivity contribution in [3.8, 4) is 5.75 Å². The van der Waals surface area contributed by atoms with Crippen LogP contribution in [0.5, 0.6) is 5.75 Å². The number of halogens is 1. The second-order valence-electron chi connectivity index (χ2n) is 4.11. The molecule has 0 saturated carbocycles. The lowest BCUT2D eigenvalue weighted by Gasteiger charge is -2.16. The molecule has 1 atom stereocenters. The molecule has 1 heterocycles. The highest BCUT2D eigenvalue weighted by Gasteiger charge is 2.12. The zero-order valence-electron chi connectivity index (χ0n) is 10.6. The molecule has 18 heavy (non-hydrogen) atoms. The molecule has 0 aliphatic heterocycles. The molecule has 0 bridgehead atoms. The molecule has 1 unspecified atom stereocenters. The Hall–Kier alpha value is -2.04. The lowest BCUT2D eigenvalue weighted by molar-refractivity contribution is 0.414. The van der Waals surface area contributed by atoms with Crippen molar-refractivity contribution in [2.45, 2.75) is 13.0 Å². The van der Waals surface area contributed by atoms with Gasteiger partial charge in [0.05, 0.1) is 18.8 Å². The van der Waals surface area contributed by atoms with E-state index < -0.39 is 0 Å². The predicted molar refractivity (Wildman–Crippen MR) is 68.2 cm³/mol. The number of nitrogens with zero attached hydrogens (tertiary/aromatic N) is 2. The Morgan fingerprint density at radius 1 is 1.44 bits per heavy atom. The monoisotopic (exact) mass is 249 g/mol. The molecule has 2 rings (SSSR count). The van der Waals surface area contributed by atoms with Gasteiger partial charge in [0.15, 0.2) is 0 Å². The van der Waals surface area contributed by atoms with Gasteiger partial charge in [0, 0.05) is 25.5 Å². The maximum atomic E-state index is 13.7. The zero-order valence-corrected chi connectivity index (χ0v) is 10.6. The summed E-state index contributed by atoms with van der Waals surface area (Å²) in [6, 6.07) is 4.51. The first-order valence-corrected chi connectivity index (χ1v) is 5.69. The molecule has 0 amide bonds. The van der Waals surface area contributed by atoms with Crippen molar-refractivity contribution >= 4 is 5.69 Å². The highest BCUT2D eigenvalue weighted by molar-refractivity contribution is 5.50. The van der Waals surface area contributed by atoms with Crippen molar-refractivity contribution in [2.24, 2.45) is 7.05 Å². The summed E-state index contributed by atoms with van der Waals surface area (Å²) in [5, 5.41) is 3.09. The maximum Gasteiger partial charge on any atom is 0.146 e. The molecule has 5 heteroatoms. The van der Waals surface area contributed by atoms with E-state index in [1.54, 1.807) is 25.4 Å². The van der Waals surface area contributed by atoms with Crippen LogP contribution in [-0.2, 0) is 7.05 Å². The van der Waals surface area contributed by atoms with Crippen molar-refractivity contribution in [1.82, 2.24) is 9.55 Å². The minimum absolute atomic E-state index is 0.0911. The first-order valence-electron chi connectivity index (χ1n) is 5.69. The number of benzene rings is 1. The van der Waals surface area contributed by atoms with E-state index in [9.17, 15) is 4.39 Å². The van der Waals surface area contributed by atoms with Crippen LogP contribution in [0.15, 0.2) is 30.6 Å². The molecule has 0 spiro atoms. The Kier molecular flexibility index (Phi) is 3.50. The van der Waals surface area contributed by atoms with E-state index in [0.717, 1.165) is 5.82 Å². The SMILES string of the molecule is COc1ccc(F)c(NC(C)c2nccn2C)c1.